The molecule has 0 spiro atoms. The van der Waals surface area contributed by atoms with Crippen LogP contribution in [0.25, 0.3) is 0 Å². The van der Waals surface area contributed by atoms with Gasteiger partial charge in [-0.25, -0.2) is 19.2 Å². The SMILES string of the molecule is CC(C)(C)OC(=O)NCCCCCC(=O)O[C@@H](C(=O)OCc1ccccc1)[C@@H](OC(=O)c1ccccc1)C(=O)OCc1ccccc1. The quantitative estimate of drug-likeness (QED) is 0.117. The third kappa shape index (κ3) is 13.8. The smallest absolute Gasteiger partial charge is 0.407 e. The van der Waals surface area contributed by atoms with Gasteiger partial charge < -0.3 is 29.0 Å². The summed E-state index contributed by atoms with van der Waals surface area (Å²) in [4.78, 5) is 64.7. The summed E-state index contributed by atoms with van der Waals surface area (Å²) >= 11 is 0. The van der Waals surface area contributed by atoms with Gasteiger partial charge in [0.1, 0.15) is 18.8 Å². The summed E-state index contributed by atoms with van der Waals surface area (Å²) < 4.78 is 27.0. The van der Waals surface area contributed by atoms with Gasteiger partial charge in [-0.2, -0.15) is 0 Å². The molecule has 2 atom stereocenters. The number of rotatable bonds is 16. The lowest BCUT2D eigenvalue weighted by Crippen LogP contribution is -2.47. The first kappa shape index (κ1) is 36.3. The average Bonchev–Trinajstić information content (AvgIpc) is 3.06. The van der Waals surface area contributed by atoms with Crippen LogP contribution in [0.15, 0.2) is 91.0 Å². The van der Waals surface area contributed by atoms with Crippen molar-refractivity contribution in [3.8, 4) is 0 Å². The number of amides is 1. The van der Waals surface area contributed by atoms with E-state index in [-0.39, 0.29) is 25.2 Å². The van der Waals surface area contributed by atoms with Gasteiger partial charge in [0, 0.05) is 13.0 Å². The highest BCUT2D eigenvalue weighted by Gasteiger charge is 2.43. The fraction of sp³-hybridized carbons (Fsp3) is 0.361. The number of hydrogen-bond acceptors (Lipinski definition) is 10. The monoisotopic (exact) mass is 647 g/mol. The van der Waals surface area contributed by atoms with Crippen molar-refractivity contribution >= 4 is 30.0 Å². The van der Waals surface area contributed by atoms with Crippen LogP contribution in [0.3, 0.4) is 0 Å². The van der Waals surface area contributed by atoms with Crippen molar-refractivity contribution in [1.82, 2.24) is 5.32 Å². The Labute approximate surface area is 274 Å². The first-order valence-corrected chi connectivity index (χ1v) is 15.4. The number of hydrogen-bond donors (Lipinski definition) is 1. The lowest BCUT2D eigenvalue weighted by atomic mass is 10.1. The first-order valence-electron chi connectivity index (χ1n) is 15.4. The van der Waals surface area contributed by atoms with Crippen molar-refractivity contribution in [2.75, 3.05) is 6.54 Å². The summed E-state index contributed by atoms with van der Waals surface area (Å²) in [6.07, 6.45) is -3.12. The standard InChI is InChI=1S/C36H41NO10/c1-36(2,3)47-35(42)37-23-15-7-14-22-29(38)45-30(33(40)43-24-26-16-8-4-9-17-26)31(46-32(39)28-20-12-6-13-21-28)34(41)44-25-27-18-10-5-11-19-27/h4-6,8-13,16-21,30-31H,7,14-15,22-25H2,1-3H3,(H,37,42)/t30-,31-/m1/s1. The molecule has 0 bridgehead atoms. The number of alkyl carbamates (subject to hydrolysis) is 1. The van der Waals surface area contributed by atoms with Gasteiger partial charge in [-0.1, -0.05) is 85.3 Å². The fourth-order valence-corrected chi connectivity index (χ4v) is 4.12. The summed E-state index contributed by atoms with van der Waals surface area (Å²) in [5.41, 5.74) is 0.787. The van der Waals surface area contributed by atoms with Gasteiger partial charge in [-0.15, -0.1) is 0 Å². The van der Waals surface area contributed by atoms with Crippen LogP contribution in [0, 0.1) is 0 Å². The summed E-state index contributed by atoms with van der Waals surface area (Å²) in [5, 5.41) is 2.65. The number of unbranched alkanes of at least 4 members (excludes halogenated alkanes) is 2. The van der Waals surface area contributed by atoms with Crippen LogP contribution in [-0.4, -0.2) is 54.3 Å². The number of carbonyl (C=O) groups excluding carboxylic acids is 5. The van der Waals surface area contributed by atoms with Gasteiger partial charge in [0.25, 0.3) is 0 Å². The van der Waals surface area contributed by atoms with Gasteiger partial charge in [0.15, 0.2) is 0 Å². The molecule has 1 N–H and O–H groups in total. The number of esters is 4. The predicted molar refractivity (Wildman–Crippen MR) is 171 cm³/mol. The molecule has 0 unspecified atom stereocenters. The van der Waals surface area contributed by atoms with E-state index in [2.05, 4.69) is 5.32 Å². The normalized spacial score (nSPS) is 12.1. The Bertz CT molecular complexity index is 1440. The minimum atomic E-state index is -1.96. The highest BCUT2D eigenvalue weighted by molar-refractivity contribution is 5.94. The predicted octanol–water partition coefficient (Wildman–Crippen LogP) is 5.70. The van der Waals surface area contributed by atoms with E-state index in [0.717, 1.165) is 0 Å². The van der Waals surface area contributed by atoms with Crippen LogP contribution in [-0.2, 0) is 51.3 Å². The molecule has 3 aromatic rings. The molecule has 0 saturated heterocycles. The summed E-state index contributed by atoms with van der Waals surface area (Å²) in [5.74, 6) is -3.93. The molecule has 0 aliphatic carbocycles. The molecule has 3 aromatic carbocycles. The average molecular weight is 648 g/mol. The third-order valence-corrected chi connectivity index (χ3v) is 6.42. The van der Waals surface area contributed by atoms with E-state index in [1.54, 1.807) is 99.6 Å². The maximum absolute atomic E-state index is 13.4. The zero-order valence-electron chi connectivity index (χ0n) is 26.8. The number of nitrogens with one attached hydrogen (secondary N) is 1. The molecule has 1 amide bonds. The molecule has 0 radical (unpaired) electrons. The summed E-state index contributed by atoms with van der Waals surface area (Å²) in [6, 6.07) is 25.4. The van der Waals surface area contributed by atoms with E-state index < -0.39 is 47.8 Å². The third-order valence-electron chi connectivity index (χ3n) is 6.42. The van der Waals surface area contributed by atoms with Crippen LogP contribution in [0.1, 0.15) is 67.9 Å². The minimum absolute atomic E-state index is 0.107. The zero-order valence-corrected chi connectivity index (χ0v) is 26.8. The van der Waals surface area contributed by atoms with Gasteiger partial charge in [0.2, 0.25) is 12.2 Å². The largest absolute Gasteiger partial charge is 0.458 e. The number of carbonyl (C=O) groups is 5. The summed E-state index contributed by atoms with van der Waals surface area (Å²) in [7, 11) is 0. The van der Waals surface area contributed by atoms with E-state index >= 15 is 0 Å². The van der Waals surface area contributed by atoms with Gasteiger partial charge in [-0.3, -0.25) is 4.79 Å². The molecule has 11 nitrogen and oxygen atoms in total. The van der Waals surface area contributed by atoms with Gasteiger partial charge in [0.05, 0.1) is 5.56 Å². The Morgan fingerprint density at radius 2 is 1.13 bits per heavy atom. The van der Waals surface area contributed by atoms with Crippen LogP contribution < -0.4 is 5.32 Å². The highest BCUT2D eigenvalue weighted by Crippen LogP contribution is 2.17. The second kappa shape index (κ2) is 18.7. The van der Waals surface area contributed by atoms with E-state index in [1.807, 2.05) is 0 Å². The molecule has 11 heteroatoms. The second-order valence-electron chi connectivity index (χ2n) is 11.5. The molecule has 0 aromatic heterocycles. The maximum Gasteiger partial charge on any atom is 0.407 e. The van der Waals surface area contributed by atoms with E-state index in [0.29, 0.717) is 36.9 Å². The molecular formula is C36H41NO10. The summed E-state index contributed by atoms with van der Waals surface area (Å²) in [6.45, 7) is 5.26. The van der Waals surface area contributed by atoms with Crippen LogP contribution in [0.5, 0.6) is 0 Å². The fourth-order valence-electron chi connectivity index (χ4n) is 4.12. The molecule has 0 fully saturated rings. The minimum Gasteiger partial charge on any atom is -0.458 e. The van der Waals surface area contributed by atoms with Crippen molar-refractivity contribution in [3.05, 3.63) is 108 Å². The van der Waals surface area contributed by atoms with Crippen LogP contribution in [0.2, 0.25) is 0 Å². The lowest BCUT2D eigenvalue weighted by molar-refractivity contribution is -0.185. The van der Waals surface area contributed by atoms with Crippen LogP contribution in [0.4, 0.5) is 4.79 Å². The Kier molecular flexibility index (Phi) is 14.4. The number of benzene rings is 3. The Morgan fingerprint density at radius 3 is 1.64 bits per heavy atom. The molecular weight excluding hydrogens is 606 g/mol. The van der Waals surface area contributed by atoms with Crippen LogP contribution >= 0.6 is 0 Å². The zero-order chi connectivity index (χ0) is 34.1. The molecule has 47 heavy (non-hydrogen) atoms. The van der Waals surface area contributed by atoms with Gasteiger partial charge >= 0.3 is 30.0 Å². The number of ether oxygens (including phenoxy) is 5. The topological polar surface area (TPSA) is 144 Å². The van der Waals surface area contributed by atoms with Crippen molar-refractivity contribution in [2.45, 2.75) is 77.5 Å². The molecule has 250 valence electrons. The molecule has 0 heterocycles. The Hall–Kier alpha value is -5.19. The Morgan fingerprint density at radius 1 is 0.638 bits per heavy atom. The van der Waals surface area contributed by atoms with Crippen molar-refractivity contribution in [1.29, 1.82) is 0 Å². The van der Waals surface area contributed by atoms with Crippen molar-refractivity contribution in [2.24, 2.45) is 0 Å². The lowest BCUT2D eigenvalue weighted by Gasteiger charge is -2.24. The van der Waals surface area contributed by atoms with E-state index in [1.165, 1.54) is 12.1 Å². The Balaban J connectivity index is 1.72. The first-order chi connectivity index (χ1) is 22.5. The molecule has 0 saturated carbocycles. The maximum atomic E-state index is 13.4. The van der Waals surface area contributed by atoms with Crippen molar-refractivity contribution < 1.29 is 47.7 Å². The van der Waals surface area contributed by atoms with Crippen molar-refractivity contribution in [3.63, 3.8) is 0 Å². The second-order valence-corrected chi connectivity index (χ2v) is 11.5. The van der Waals surface area contributed by atoms with Gasteiger partial charge in [-0.05, 0) is 56.9 Å². The molecule has 0 aliphatic heterocycles. The van der Waals surface area contributed by atoms with E-state index in [9.17, 15) is 24.0 Å². The highest BCUT2D eigenvalue weighted by atomic mass is 16.6. The molecule has 3 rings (SSSR count). The molecule has 0 aliphatic rings. The van der Waals surface area contributed by atoms with E-state index in [4.69, 9.17) is 23.7 Å².